The van der Waals surface area contributed by atoms with E-state index in [9.17, 15) is 4.79 Å². The molecule has 22 heavy (non-hydrogen) atoms. The molecule has 2 aliphatic rings. The lowest BCUT2D eigenvalue weighted by Crippen LogP contribution is -2.50. The number of hydrogen-bond donors (Lipinski definition) is 1. The van der Waals surface area contributed by atoms with Crippen molar-refractivity contribution in [3.05, 3.63) is 16.1 Å². The van der Waals surface area contributed by atoms with Gasteiger partial charge < -0.3 is 14.8 Å². The Morgan fingerprint density at radius 2 is 2.32 bits per heavy atom. The Labute approximate surface area is 135 Å². The molecule has 2 fully saturated rings. The van der Waals surface area contributed by atoms with E-state index >= 15 is 0 Å². The first kappa shape index (κ1) is 15.9. The van der Waals surface area contributed by atoms with Crippen LogP contribution in [0.4, 0.5) is 0 Å². The summed E-state index contributed by atoms with van der Waals surface area (Å²) >= 11 is 1.41. The highest BCUT2D eigenvalue weighted by Crippen LogP contribution is 2.30. The van der Waals surface area contributed by atoms with Gasteiger partial charge in [-0.2, -0.15) is 0 Å². The van der Waals surface area contributed by atoms with Crippen molar-refractivity contribution < 1.29 is 14.3 Å². The van der Waals surface area contributed by atoms with E-state index < -0.39 is 0 Å². The lowest BCUT2D eigenvalue weighted by atomic mass is 10.1. The molecule has 122 valence electrons. The minimum atomic E-state index is -0.0937. The van der Waals surface area contributed by atoms with E-state index in [1.807, 2.05) is 5.38 Å². The summed E-state index contributed by atoms with van der Waals surface area (Å²) < 4.78 is 11.4. The first-order valence-corrected chi connectivity index (χ1v) is 8.97. The minimum absolute atomic E-state index is 0.0198. The van der Waals surface area contributed by atoms with E-state index in [0.717, 1.165) is 18.7 Å². The summed E-state index contributed by atoms with van der Waals surface area (Å²) in [7, 11) is 0. The third kappa shape index (κ3) is 4.06. The fraction of sp³-hybridized carbons (Fsp3) is 0.750. The molecule has 3 rings (SSSR count). The lowest BCUT2D eigenvalue weighted by molar-refractivity contribution is -0.0697. The lowest BCUT2D eigenvalue weighted by Gasteiger charge is -2.31. The molecule has 1 aliphatic carbocycles. The SMILES string of the molecule is CC(C)c1csc(C(=O)N[C@@H]2CCOC[C@H]2OCC2CC2)n1. The van der Waals surface area contributed by atoms with E-state index in [2.05, 4.69) is 24.1 Å². The van der Waals surface area contributed by atoms with Crippen LogP contribution in [0.15, 0.2) is 5.38 Å². The molecular formula is C16H24N2O3S. The van der Waals surface area contributed by atoms with E-state index in [4.69, 9.17) is 9.47 Å². The van der Waals surface area contributed by atoms with Crippen LogP contribution in [0.25, 0.3) is 0 Å². The molecule has 2 atom stereocenters. The normalized spacial score (nSPS) is 25.4. The van der Waals surface area contributed by atoms with Crippen molar-refractivity contribution in [2.45, 2.75) is 51.2 Å². The average Bonchev–Trinajstić information content (AvgIpc) is 3.19. The van der Waals surface area contributed by atoms with Crippen molar-refractivity contribution in [3.8, 4) is 0 Å². The van der Waals surface area contributed by atoms with Crippen LogP contribution < -0.4 is 5.32 Å². The van der Waals surface area contributed by atoms with E-state index in [1.165, 1.54) is 24.2 Å². The Balaban J connectivity index is 1.57. The van der Waals surface area contributed by atoms with Gasteiger partial charge in [0.25, 0.3) is 5.91 Å². The molecule has 1 aromatic rings. The number of thiazole rings is 1. The van der Waals surface area contributed by atoms with Gasteiger partial charge in [-0.05, 0) is 31.1 Å². The second-order valence-corrected chi connectivity index (χ2v) is 7.35. The molecule has 0 aromatic carbocycles. The Morgan fingerprint density at radius 3 is 3.00 bits per heavy atom. The number of carbonyl (C=O) groups is 1. The number of amides is 1. The third-order valence-electron chi connectivity index (χ3n) is 4.17. The molecule has 1 N–H and O–H groups in total. The second-order valence-electron chi connectivity index (χ2n) is 6.49. The highest BCUT2D eigenvalue weighted by Gasteiger charge is 2.31. The summed E-state index contributed by atoms with van der Waals surface area (Å²) in [4.78, 5) is 16.8. The Morgan fingerprint density at radius 1 is 1.50 bits per heavy atom. The van der Waals surface area contributed by atoms with Crippen LogP contribution in [0.3, 0.4) is 0 Å². The van der Waals surface area contributed by atoms with Crippen molar-refractivity contribution in [1.82, 2.24) is 10.3 Å². The van der Waals surface area contributed by atoms with Crippen LogP contribution in [0.1, 0.15) is 54.5 Å². The molecular weight excluding hydrogens is 300 g/mol. The van der Waals surface area contributed by atoms with E-state index in [0.29, 0.717) is 30.1 Å². The van der Waals surface area contributed by atoms with E-state index in [1.54, 1.807) is 0 Å². The molecule has 0 unspecified atom stereocenters. The van der Waals surface area contributed by atoms with Gasteiger partial charge in [0, 0.05) is 18.6 Å². The molecule has 0 bridgehead atoms. The quantitative estimate of drug-likeness (QED) is 0.874. The zero-order valence-electron chi connectivity index (χ0n) is 13.2. The summed E-state index contributed by atoms with van der Waals surface area (Å²) in [5.74, 6) is 0.963. The van der Waals surface area contributed by atoms with Crippen molar-refractivity contribution in [3.63, 3.8) is 0 Å². The molecule has 5 nitrogen and oxygen atoms in total. The maximum absolute atomic E-state index is 12.4. The molecule has 6 heteroatoms. The van der Waals surface area contributed by atoms with Crippen molar-refractivity contribution in [2.24, 2.45) is 5.92 Å². The van der Waals surface area contributed by atoms with Crippen LogP contribution >= 0.6 is 11.3 Å². The van der Waals surface area contributed by atoms with Gasteiger partial charge in [0.2, 0.25) is 0 Å². The molecule has 2 heterocycles. The predicted molar refractivity (Wildman–Crippen MR) is 85.4 cm³/mol. The van der Waals surface area contributed by atoms with E-state index in [-0.39, 0.29) is 18.1 Å². The summed E-state index contributed by atoms with van der Waals surface area (Å²) in [5.41, 5.74) is 0.976. The number of nitrogens with zero attached hydrogens (tertiary/aromatic N) is 1. The maximum atomic E-state index is 12.4. The highest BCUT2D eigenvalue weighted by molar-refractivity contribution is 7.11. The van der Waals surface area contributed by atoms with Crippen molar-refractivity contribution in [1.29, 1.82) is 0 Å². The van der Waals surface area contributed by atoms with Crippen LogP contribution in [-0.2, 0) is 9.47 Å². The molecule has 1 saturated heterocycles. The average molecular weight is 324 g/mol. The third-order valence-corrected chi connectivity index (χ3v) is 5.03. The highest BCUT2D eigenvalue weighted by atomic mass is 32.1. The Hall–Kier alpha value is -0.980. The zero-order valence-corrected chi connectivity index (χ0v) is 14.0. The Kier molecular flexibility index (Phi) is 5.10. The summed E-state index contributed by atoms with van der Waals surface area (Å²) in [5, 5.41) is 5.59. The van der Waals surface area contributed by atoms with Gasteiger partial charge in [0.1, 0.15) is 6.10 Å². The number of ether oxygens (including phenoxy) is 2. The monoisotopic (exact) mass is 324 g/mol. The molecule has 1 aliphatic heterocycles. The van der Waals surface area contributed by atoms with Gasteiger partial charge in [0.15, 0.2) is 5.01 Å². The largest absolute Gasteiger partial charge is 0.379 e. The van der Waals surface area contributed by atoms with Crippen LogP contribution in [-0.4, -0.2) is 42.9 Å². The second kappa shape index (κ2) is 7.06. The number of hydrogen-bond acceptors (Lipinski definition) is 5. The Bertz CT molecular complexity index is 513. The van der Waals surface area contributed by atoms with Gasteiger partial charge in [-0.3, -0.25) is 4.79 Å². The van der Waals surface area contributed by atoms with Crippen LogP contribution in [0.5, 0.6) is 0 Å². The zero-order chi connectivity index (χ0) is 15.5. The molecule has 1 aromatic heterocycles. The summed E-state index contributed by atoms with van der Waals surface area (Å²) in [6.07, 6.45) is 3.29. The van der Waals surface area contributed by atoms with Gasteiger partial charge in [-0.15, -0.1) is 11.3 Å². The van der Waals surface area contributed by atoms with Gasteiger partial charge in [0.05, 0.1) is 18.3 Å². The first-order chi connectivity index (χ1) is 10.6. The van der Waals surface area contributed by atoms with Gasteiger partial charge in [-0.1, -0.05) is 13.8 Å². The predicted octanol–water partition coefficient (Wildman–Crippen LogP) is 2.58. The minimum Gasteiger partial charge on any atom is -0.379 e. The molecule has 1 saturated carbocycles. The summed E-state index contributed by atoms with van der Waals surface area (Å²) in [6, 6.07) is 0.0198. The van der Waals surface area contributed by atoms with Crippen molar-refractivity contribution in [2.75, 3.05) is 19.8 Å². The number of aromatic nitrogens is 1. The smallest absolute Gasteiger partial charge is 0.280 e. The summed E-state index contributed by atoms with van der Waals surface area (Å²) in [6.45, 7) is 6.18. The fourth-order valence-corrected chi connectivity index (χ4v) is 3.35. The number of nitrogens with one attached hydrogen (secondary N) is 1. The van der Waals surface area contributed by atoms with Crippen molar-refractivity contribution >= 4 is 17.2 Å². The topological polar surface area (TPSA) is 60.5 Å². The van der Waals surface area contributed by atoms with Gasteiger partial charge >= 0.3 is 0 Å². The van der Waals surface area contributed by atoms with Crippen LogP contribution in [0, 0.1) is 5.92 Å². The number of rotatable bonds is 6. The number of carbonyl (C=O) groups excluding carboxylic acids is 1. The molecule has 0 radical (unpaired) electrons. The molecule has 1 amide bonds. The standard InChI is InChI=1S/C16H24N2O3S/c1-10(2)13-9-22-16(18-13)15(19)17-12-5-6-20-8-14(12)21-7-11-3-4-11/h9-12,14H,3-8H2,1-2H3,(H,17,19)/t12-,14-/m1/s1. The fourth-order valence-electron chi connectivity index (χ4n) is 2.47. The maximum Gasteiger partial charge on any atom is 0.280 e. The van der Waals surface area contributed by atoms with Crippen LogP contribution in [0.2, 0.25) is 0 Å². The molecule has 0 spiro atoms. The van der Waals surface area contributed by atoms with Gasteiger partial charge in [-0.25, -0.2) is 4.98 Å². The first-order valence-electron chi connectivity index (χ1n) is 8.09.